The molecule has 156 valence electrons. The van der Waals surface area contributed by atoms with Crippen LogP contribution < -0.4 is 4.90 Å². The monoisotopic (exact) mass is 397 g/mol. The van der Waals surface area contributed by atoms with E-state index in [-0.39, 0.29) is 24.9 Å². The molecule has 0 unspecified atom stereocenters. The first kappa shape index (κ1) is 21.1. The Bertz CT molecular complexity index is 885. The number of hydrogen-bond acceptors (Lipinski definition) is 4. The molecule has 0 radical (unpaired) electrons. The van der Waals surface area contributed by atoms with Crippen LogP contribution >= 0.6 is 0 Å². The number of hydrogen-bond donors (Lipinski definition) is 0. The Morgan fingerprint density at radius 1 is 1.21 bits per heavy atom. The molecule has 2 aromatic rings. The van der Waals surface area contributed by atoms with Gasteiger partial charge in [0.05, 0.1) is 5.69 Å². The lowest BCUT2D eigenvalue weighted by atomic mass is 10.0. The van der Waals surface area contributed by atoms with Crippen LogP contribution in [0.1, 0.15) is 49.2 Å². The molecule has 0 saturated heterocycles. The molecule has 0 saturated carbocycles. The van der Waals surface area contributed by atoms with Crippen LogP contribution in [0.3, 0.4) is 0 Å². The van der Waals surface area contributed by atoms with Crippen molar-refractivity contribution in [2.45, 2.75) is 59.9 Å². The molecule has 0 bridgehead atoms. The average molecular weight is 398 g/mol. The van der Waals surface area contributed by atoms with Crippen molar-refractivity contribution in [1.29, 1.82) is 0 Å². The van der Waals surface area contributed by atoms with Crippen LogP contribution in [0.25, 0.3) is 0 Å². The molecule has 6 heteroatoms. The highest BCUT2D eigenvalue weighted by Gasteiger charge is 2.23. The minimum absolute atomic E-state index is 0.164. The smallest absolute Gasteiger partial charge is 0.306 e. The number of fused-ring (bicyclic) bond motifs is 1. The SMILES string of the molecule is Cc1nn(CC(C)C)c(C)c1CCC(=O)OCC(=O)N1CCCc2ccccc21. The van der Waals surface area contributed by atoms with Gasteiger partial charge in [0.1, 0.15) is 0 Å². The van der Waals surface area contributed by atoms with Crippen LogP contribution in [-0.2, 0) is 33.7 Å². The van der Waals surface area contributed by atoms with E-state index in [1.165, 1.54) is 5.56 Å². The molecule has 1 aromatic heterocycles. The van der Waals surface area contributed by atoms with Crippen LogP contribution in [0.2, 0.25) is 0 Å². The first-order valence-electron chi connectivity index (χ1n) is 10.4. The minimum atomic E-state index is -0.348. The lowest BCUT2D eigenvalue weighted by Crippen LogP contribution is -2.38. The Hall–Kier alpha value is -2.63. The standard InChI is InChI=1S/C23H31N3O3/c1-16(2)14-26-18(4)20(17(3)24-26)11-12-23(28)29-15-22(27)25-13-7-9-19-8-5-6-10-21(19)25/h5-6,8,10,16H,7,9,11-15H2,1-4H3. The summed E-state index contributed by atoms with van der Waals surface area (Å²) in [5.41, 5.74) is 5.26. The van der Waals surface area contributed by atoms with Crippen LogP contribution in [-0.4, -0.2) is 34.8 Å². The summed E-state index contributed by atoms with van der Waals surface area (Å²) in [6.45, 7) is 9.65. The van der Waals surface area contributed by atoms with Gasteiger partial charge in [0.25, 0.3) is 5.91 Å². The van der Waals surface area contributed by atoms with Gasteiger partial charge in [-0.05, 0) is 56.2 Å². The maximum Gasteiger partial charge on any atom is 0.306 e. The zero-order valence-electron chi connectivity index (χ0n) is 17.9. The number of esters is 1. The van der Waals surface area contributed by atoms with Crippen LogP contribution in [0, 0.1) is 19.8 Å². The predicted molar refractivity (Wildman–Crippen MR) is 113 cm³/mol. The Kier molecular flexibility index (Phi) is 6.72. The van der Waals surface area contributed by atoms with E-state index in [1.54, 1.807) is 4.90 Å². The summed E-state index contributed by atoms with van der Waals surface area (Å²) < 4.78 is 7.30. The molecule has 0 aliphatic carbocycles. The summed E-state index contributed by atoms with van der Waals surface area (Å²) in [6.07, 6.45) is 2.73. The number of benzene rings is 1. The lowest BCUT2D eigenvalue weighted by Gasteiger charge is -2.29. The Morgan fingerprint density at radius 3 is 2.72 bits per heavy atom. The summed E-state index contributed by atoms with van der Waals surface area (Å²) in [7, 11) is 0. The minimum Gasteiger partial charge on any atom is -0.456 e. The second kappa shape index (κ2) is 9.25. The molecular weight excluding hydrogens is 366 g/mol. The number of carbonyl (C=O) groups excluding carboxylic acids is 2. The average Bonchev–Trinajstić information content (AvgIpc) is 2.96. The summed E-state index contributed by atoms with van der Waals surface area (Å²) in [6, 6.07) is 7.92. The van der Waals surface area contributed by atoms with E-state index in [0.717, 1.165) is 42.0 Å². The van der Waals surface area contributed by atoms with Gasteiger partial charge in [-0.2, -0.15) is 5.10 Å². The maximum atomic E-state index is 12.6. The van der Waals surface area contributed by atoms with Crippen LogP contribution in [0.4, 0.5) is 5.69 Å². The number of carbonyl (C=O) groups is 2. The molecule has 0 spiro atoms. The second-order valence-corrected chi connectivity index (χ2v) is 8.16. The molecule has 1 amide bonds. The zero-order chi connectivity index (χ0) is 21.0. The number of ether oxygens (including phenoxy) is 1. The number of aromatic nitrogens is 2. The highest BCUT2D eigenvalue weighted by molar-refractivity contribution is 5.96. The van der Waals surface area contributed by atoms with Crippen molar-refractivity contribution in [3.63, 3.8) is 0 Å². The molecule has 6 nitrogen and oxygen atoms in total. The highest BCUT2D eigenvalue weighted by Crippen LogP contribution is 2.26. The third kappa shape index (κ3) is 5.05. The Labute approximate surface area is 172 Å². The third-order valence-corrected chi connectivity index (χ3v) is 5.42. The van der Waals surface area contributed by atoms with Gasteiger partial charge < -0.3 is 9.64 Å². The van der Waals surface area contributed by atoms with Crippen molar-refractivity contribution in [3.8, 4) is 0 Å². The summed E-state index contributed by atoms with van der Waals surface area (Å²) >= 11 is 0. The van der Waals surface area contributed by atoms with E-state index in [9.17, 15) is 9.59 Å². The number of rotatable bonds is 7. The molecule has 29 heavy (non-hydrogen) atoms. The second-order valence-electron chi connectivity index (χ2n) is 8.16. The van der Waals surface area contributed by atoms with Gasteiger partial charge in [-0.1, -0.05) is 32.0 Å². The summed E-state index contributed by atoms with van der Waals surface area (Å²) in [5, 5.41) is 4.59. The molecule has 1 aliphatic heterocycles. The molecule has 2 heterocycles. The van der Waals surface area contributed by atoms with Crippen molar-refractivity contribution in [2.24, 2.45) is 5.92 Å². The topological polar surface area (TPSA) is 64.4 Å². The van der Waals surface area contributed by atoms with Gasteiger partial charge in [0, 0.05) is 30.9 Å². The van der Waals surface area contributed by atoms with Gasteiger partial charge in [0.15, 0.2) is 6.61 Å². The number of nitrogens with zero attached hydrogens (tertiary/aromatic N) is 3. The number of para-hydroxylation sites is 1. The fourth-order valence-electron chi connectivity index (χ4n) is 3.93. The van der Waals surface area contributed by atoms with Crippen LogP contribution in [0.15, 0.2) is 24.3 Å². The van der Waals surface area contributed by atoms with Crippen LogP contribution in [0.5, 0.6) is 0 Å². The van der Waals surface area contributed by atoms with Crippen molar-refractivity contribution < 1.29 is 14.3 Å². The lowest BCUT2D eigenvalue weighted by molar-refractivity contribution is -0.147. The molecule has 3 rings (SSSR count). The predicted octanol–water partition coefficient (Wildman–Crippen LogP) is 3.61. The number of amides is 1. The van der Waals surface area contributed by atoms with Crippen molar-refractivity contribution in [1.82, 2.24) is 9.78 Å². The maximum absolute atomic E-state index is 12.6. The van der Waals surface area contributed by atoms with E-state index in [2.05, 4.69) is 18.9 Å². The van der Waals surface area contributed by atoms with E-state index in [0.29, 0.717) is 18.9 Å². The molecule has 0 N–H and O–H groups in total. The first-order chi connectivity index (χ1) is 13.9. The first-order valence-corrected chi connectivity index (χ1v) is 10.4. The van der Waals surface area contributed by atoms with E-state index < -0.39 is 0 Å². The molecule has 1 aromatic carbocycles. The summed E-state index contributed by atoms with van der Waals surface area (Å²) in [5.74, 6) is -0.00147. The Morgan fingerprint density at radius 2 is 1.97 bits per heavy atom. The Balaban J connectivity index is 1.52. The number of anilines is 1. The van der Waals surface area contributed by atoms with E-state index >= 15 is 0 Å². The third-order valence-electron chi connectivity index (χ3n) is 5.42. The summed E-state index contributed by atoms with van der Waals surface area (Å²) in [4.78, 5) is 26.6. The van der Waals surface area contributed by atoms with Gasteiger partial charge in [-0.25, -0.2) is 0 Å². The van der Waals surface area contributed by atoms with Crippen molar-refractivity contribution in [2.75, 3.05) is 18.1 Å². The highest BCUT2D eigenvalue weighted by atomic mass is 16.5. The fraction of sp³-hybridized carbons (Fsp3) is 0.522. The van der Waals surface area contributed by atoms with Crippen molar-refractivity contribution >= 4 is 17.6 Å². The van der Waals surface area contributed by atoms with Gasteiger partial charge in [-0.3, -0.25) is 14.3 Å². The zero-order valence-corrected chi connectivity index (χ0v) is 17.9. The molecule has 0 atom stereocenters. The number of aryl methyl sites for hydroxylation is 2. The van der Waals surface area contributed by atoms with E-state index in [1.807, 2.05) is 42.8 Å². The quantitative estimate of drug-likeness (QED) is 0.670. The van der Waals surface area contributed by atoms with E-state index in [4.69, 9.17) is 4.74 Å². The van der Waals surface area contributed by atoms with Crippen molar-refractivity contribution in [3.05, 3.63) is 46.8 Å². The fourth-order valence-corrected chi connectivity index (χ4v) is 3.93. The molecule has 1 aliphatic rings. The van der Waals surface area contributed by atoms with Gasteiger partial charge >= 0.3 is 5.97 Å². The normalized spacial score (nSPS) is 13.5. The van der Waals surface area contributed by atoms with Gasteiger partial charge in [-0.15, -0.1) is 0 Å². The van der Waals surface area contributed by atoms with Gasteiger partial charge in [0.2, 0.25) is 0 Å². The largest absolute Gasteiger partial charge is 0.456 e. The molecule has 0 fully saturated rings. The molecular formula is C23H31N3O3.